The third-order valence-electron chi connectivity index (χ3n) is 3.38. The fraction of sp³-hybridized carbons (Fsp3) is 0.375. The molecular weight excluding hydrogens is 354 g/mol. The van der Waals surface area contributed by atoms with Crippen LogP contribution in [0, 0.1) is 13.8 Å². The van der Waals surface area contributed by atoms with Gasteiger partial charge in [0, 0.05) is 5.02 Å². The van der Waals surface area contributed by atoms with Crippen molar-refractivity contribution >= 4 is 38.9 Å². The number of rotatable bonds is 5. The van der Waals surface area contributed by atoms with Gasteiger partial charge in [-0.25, -0.2) is 0 Å². The van der Waals surface area contributed by atoms with E-state index in [0.29, 0.717) is 0 Å². The maximum Gasteiger partial charge on any atom is 0.0701 e. The first-order valence-corrected chi connectivity index (χ1v) is 8.82. The highest BCUT2D eigenvalue weighted by molar-refractivity contribution is 9.11. The molecule has 0 saturated heterocycles. The Kier molecular flexibility index (Phi) is 5.67. The van der Waals surface area contributed by atoms with Crippen LogP contribution in [0.3, 0.4) is 0 Å². The fourth-order valence-corrected chi connectivity index (χ4v) is 3.70. The Morgan fingerprint density at radius 2 is 2.00 bits per heavy atom. The molecule has 0 spiro atoms. The number of halogens is 2. The van der Waals surface area contributed by atoms with Gasteiger partial charge >= 0.3 is 0 Å². The van der Waals surface area contributed by atoms with E-state index in [4.69, 9.17) is 11.6 Å². The predicted octanol–water partition coefficient (Wildman–Crippen LogP) is 5.87. The monoisotopic (exact) mass is 371 g/mol. The quantitative estimate of drug-likeness (QED) is 0.692. The van der Waals surface area contributed by atoms with Gasteiger partial charge < -0.3 is 5.32 Å². The van der Waals surface area contributed by atoms with E-state index in [2.05, 4.69) is 65.6 Å². The third kappa shape index (κ3) is 3.64. The molecule has 0 radical (unpaired) electrons. The highest BCUT2D eigenvalue weighted by atomic mass is 79.9. The molecule has 0 aliphatic rings. The van der Waals surface area contributed by atoms with Gasteiger partial charge in [-0.2, -0.15) is 0 Å². The number of hydrogen-bond acceptors (Lipinski definition) is 2. The van der Waals surface area contributed by atoms with Crippen LogP contribution in [0.2, 0.25) is 5.02 Å². The van der Waals surface area contributed by atoms with E-state index in [-0.39, 0.29) is 6.04 Å². The van der Waals surface area contributed by atoms with E-state index in [0.717, 1.165) is 23.6 Å². The molecule has 1 aromatic heterocycles. The Labute approximate surface area is 138 Å². The molecule has 0 bridgehead atoms. The molecule has 0 fully saturated rings. The van der Waals surface area contributed by atoms with Crippen LogP contribution in [0.1, 0.15) is 41.6 Å². The van der Waals surface area contributed by atoms with Gasteiger partial charge in [-0.1, -0.05) is 24.6 Å². The Hall–Kier alpha value is -0.350. The molecule has 1 N–H and O–H groups in total. The van der Waals surface area contributed by atoms with Crippen molar-refractivity contribution in [1.29, 1.82) is 0 Å². The van der Waals surface area contributed by atoms with Gasteiger partial charge in [-0.3, -0.25) is 0 Å². The highest BCUT2D eigenvalue weighted by Gasteiger charge is 2.18. The molecule has 0 amide bonds. The van der Waals surface area contributed by atoms with Crippen molar-refractivity contribution in [3.05, 3.63) is 54.6 Å². The van der Waals surface area contributed by atoms with Crippen molar-refractivity contribution in [2.45, 2.75) is 33.2 Å². The van der Waals surface area contributed by atoms with Crippen molar-refractivity contribution in [3.63, 3.8) is 0 Å². The maximum absolute atomic E-state index is 6.22. The third-order valence-corrected chi connectivity index (χ3v) is 5.31. The normalized spacial score (nSPS) is 12.7. The molecule has 108 valence electrons. The van der Waals surface area contributed by atoms with Crippen LogP contribution >= 0.6 is 38.9 Å². The molecule has 1 aromatic carbocycles. The Bertz CT molecular complexity index is 594. The number of hydrogen-bond donors (Lipinski definition) is 1. The van der Waals surface area contributed by atoms with Crippen molar-refractivity contribution < 1.29 is 0 Å². The summed E-state index contributed by atoms with van der Waals surface area (Å²) in [7, 11) is 0. The van der Waals surface area contributed by atoms with Crippen molar-refractivity contribution in [1.82, 2.24) is 5.32 Å². The second-order valence-corrected chi connectivity index (χ2v) is 7.73. The minimum absolute atomic E-state index is 0.230. The van der Waals surface area contributed by atoms with Gasteiger partial charge in [0.05, 0.1) is 9.83 Å². The highest BCUT2D eigenvalue weighted by Crippen LogP contribution is 2.33. The minimum Gasteiger partial charge on any atom is -0.306 e. The largest absolute Gasteiger partial charge is 0.306 e. The average molecular weight is 373 g/mol. The SMILES string of the molecule is CCCNC(c1csc(Br)c1)c1cc(C)c(Cl)cc1C. The molecule has 0 aliphatic carbocycles. The van der Waals surface area contributed by atoms with Crippen molar-refractivity contribution in [3.8, 4) is 0 Å². The van der Waals surface area contributed by atoms with E-state index in [1.165, 1.54) is 20.5 Å². The Balaban J connectivity index is 2.43. The van der Waals surface area contributed by atoms with Crippen molar-refractivity contribution in [2.75, 3.05) is 6.54 Å². The lowest BCUT2D eigenvalue weighted by Gasteiger charge is -2.21. The smallest absolute Gasteiger partial charge is 0.0701 e. The van der Waals surface area contributed by atoms with Crippen LogP contribution in [-0.2, 0) is 0 Å². The summed E-state index contributed by atoms with van der Waals surface area (Å²) >= 11 is 11.5. The summed E-state index contributed by atoms with van der Waals surface area (Å²) < 4.78 is 1.17. The topological polar surface area (TPSA) is 12.0 Å². The summed E-state index contributed by atoms with van der Waals surface area (Å²) in [6, 6.07) is 6.69. The molecule has 20 heavy (non-hydrogen) atoms. The lowest BCUT2D eigenvalue weighted by atomic mass is 9.95. The summed E-state index contributed by atoms with van der Waals surface area (Å²) in [6.45, 7) is 7.38. The maximum atomic E-state index is 6.22. The minimum atomic E-state index is 0.230. The zero-order valence-corrected chi connectivity index (χ0v) is 15.1. The van der Waals surface area contributed by atoms with Gasteiger partial charge in [0.1, 0.15) is 0 Å². The summed E-state index contributed by atoms with van der Waals surface area (Å²) in [5, 5.41) is 6.69. The number of thiophene rings is 1. The first-order valence-electron chi connectivity index (χ1n) is 6.77. The fourth-order valence-electron chi connectivity index (χ4n) is 2.29. The van der Waals surface area contributed by atoms with E-state index in [9.17, 15) is 0 Å². The van der Waals surface area contributed by atoms with E-state index in [1.54, 1.807) is 11.3 Å². The summed E-state index contributed by atoms with van der Waals surface area (Å²) in [5.74, 6) is 0. The van der Waals surface area contributed by atoms with Gasteiger partial charge in [0.25, 0.3) is 0 Å². The summed E-state index contributed by atoms with van der Waals surface area (Å²) in [5.41, 5.74) is 4.98. The first kappa shape index (κ1) is 16.0. The van der Waals surface area contributed by atoms with Gasteiger partial charge in [-0.15, -0.1) is 11.3 Å². The molecule has 2 aromatic rings. The molecule has 4 heteroatoms. The lowest BCUT2D eigenvalue weighted by molar-refractivity contribution is 0.597. The second kappa shape index (κ2) is 7.08. The molecule has 1 nitrogen and oxygen atoms in total. The van der Waals surface area contributed by atoms with Gasteiger partial charge in [0.15, 0.2) is 0 Å². The summed E-state index contributed by atoms with van der Waals surface area (Å²) in [4.78, 5) is 0. The van der Waals surface area contributed by atoms with Crippen LogP contribution in [0.25, 0.3) is 0 Å². The van der Waals surface area contributed by atoms with E-state index in [1.807, 2.05) is 0 Å². The zero-order valence-electron chi connectivity index (χ0n) is 12.0. The van der Waals surface area contributed by atoms with Crippen molar-refractivity contribution in [2.24, 2.45) is 0 Å². The first-order chi connectivity index (χ1) is 9.52. The standard InChI is InChI=1S/C16H19BrClNS/c1-4-5-19-16(12-8-15(17)20-9-12)13-6-11(3)14(18)7-10(13)2/h6-9,16,19H,4-5H2,1-3H3. The molecule has 0 aliphatic heterocycles. The van der Waals surface area contributed by atoms with Crippen LogP contribution < -0.4 is 5.32 Å². The van der Waals surface area contributed by atoms with Crippen LogP contribution in [0.4, 0.5) is 0 Å². The van der Waals surface area contributed by atoms with Crippen LogP contribution in [0.5, 0.6) is 0 Å². The van der Waals surface area contributed by atoms with Crippen LogP contribution in [0.15, 0.2) is 27.4 Å². The predicted molar refractivity (Wildman–Crippen MR) is 93.1 cm³/mol. The number of aryl methyl sites for hydroxylation is 2. The number of benzene rings is 1. The zero-order chi connectivity index (χ0) is 14.7. The molecule has 1 atom stereocenters. The lowest BCUT2D eigenvalue weighted by Crippen LogP contribution is -2.23. The van der Waals surface area contributed by atoms with Gasteiger partial charge in [0.2, 0.25) is 0 Å². The molecular formula is C16H19BrClNS. The van der Waals surface area contributed by atoms with Gasteiger partial charge in [-0.05, 0) is 82.5 Å². The van der Waals surface area contributed by atoms with Crippen LogP contribution in [-0.4, -0.2) is 6.54 Å². The Morgan fingerprint density at radius 3 is 2.60 bits per heavy atom. The van der Waals surface area contributed by atoms with E-state index >= 15 is 0 Å². The average Bonchev–Trinajstić information content (AvgIpc) is 2.82. The second-order valence-electron chi connectivity index (χ2n) is 5.03. The van der Waals surface area contributed by atoms with E-state index < -0.39 is 0 Å². The molecule has 1 heterocycles. The summed E-state index contributed by atoms with van der Waals surface area (Å²) in [6.07, 6.45) is 1.12. The number of nitrogens with one attached hydrogen (secondary N) is 1. The molecule has 2 rings (SSSR count). The molecule has 1 unspecified atom stereocenters. The molecule has 0 saturated carbocycles. The Morgan fingerprint density at radius 1 is 1.25 bits per heavy atom.